The van der Waals surface area contributed by atoms with E-state index in [2.05, 4.69) is 94.0 Å². The van der Waals surface area contributed by atoms with E-state index in [1.807, 2.05) is 12.1 Å². The van der Waals surface area contributed by atoms with Crippen LogP contribution in [0.3, 0.4) is 0 Å². The number of fused-ring (bicyclic) bond motifs is 5. The lowest BCUT2D eigenvalue weighted by atomic mass is 9.97. The van der Waals surface area contributed by atoms with Gasteiger partial charge in [0.2, 0.25) is 0 Å². The van der Waals surface area contributed by atoms with Crippen LogP contribution < -0.4 is 5.32 Å². The molecular weight excluding hydrogens is 418 g/mol. The van der Waals surface area contributed by atoms with Crippen molar-refractivity contribution in [1.29, 1.82) is 0 Å². The third-order valence-electron chi connectivity index (χ3n) is 6.67. The third kappa shape index (κ3) is 3.62. The van der Waals surface area contributed by atoms with E-state index in [0.29, 0.717) is 5.75 Å². The quantitative estimate of drug-likeness (QED) is 0.236. The molecule has 0 aliphatic heterocycles. The molecule has 0 aliphatic rings. The molecule has 6 rings (SSSR count). The summed E-state index contributed by atoms with van der Waals surface area (Å²) in [6, 6.07) is 29.1. The molecule has 0 fully saturated rings. The molecule has 34 heavy (non-hydrogen) atoms. The fraction of sp³-hybridized carbons (Fsp3) is 0.133. The summed E-state index contributed by atoms with van der Waals surface area (Å²) >= 11 is 0. The molecule has 0 saturated carbocycles. The number of aromatic hydroxyl groups is 1. The van der Waals surface area contributed by atoms with Crippen LogP contribution in [0.4, 0.5) is 0 Å². The lowest BCUT2D eigenvalue weighted by Gasteiger charge is -2.11. The molecule has 4 nitrogen and oxygen atoms in total. The molecule has 0 saturated heterocycles. The van der Waals surface area contributed by atoms with Gasteiger partial charge in [-0.05, 0) is 53.9 Å². The number of phenols is 1. The molecule has 168 valence electrons. The van der Waals surface area contributed by atoms with E-state index in [0.717, 1.165) is 37.0 Å². The highest BCUT2D eigenvalue weighted by atomic mass is 16.3. The van der Waals surface area contributed by atoms with E-state index in [1.54, 1.807) is 6.07 Å². The summed E-state index contributed by atoms with van der Waals surface area (Å²) in [5.74, 6) is 0.298. The van der Waals surface area contributed by atoms with Gasteiger partial charge in [-0.25, -0.2) is 0 Å². The number of hydrogen-bond donors (Lipinski definition) is 3. The van der Waals surface area contributed by atoms with Crippen molar-refractivity contribution in [2.24, 2.45) is 0 Å². The molecule has 0 unspecified atom stereocenters. The number of benzene rings is 4. The fourth-order valence-electron chi connectivity index (χ4n) is 5.09. The van der Waals surface area contributed by atoms with Gasteiger partial charge >= 0.3 is 0 Å². The molecule has 0 atom stereocenters. The number of H-pyrrole nitrogens is 1. The number of hydrogen-bond acceptors (Lipinski definition) is 2. The summed E-state index contributed by atoms with van der Waals surface area (Å²) in [4.78, 5) is 3.32. The summed E-state index contributed by atoms with van der Waals surface area (Å²) in [7, 11) is 0. The van der Waals surface area contributed by atoms with E-state index in [4.69, 9.17) is 0 Å². The van der Waals surface area contributed by atoms with E-state index < -0.39 is 0 Å². The average molecular weight is 446 g/mol. The lowest BCUT2D eigenvalue weighted by molar-refractivity contribution is 0.476. The maximum atomic E-state index is 10.3. The van der Waals surface area contributed by atoms with Crippen molar-refractivity contribution < 1.29 is 5.11 Å². The van der Waals surface area contributed by atoms with Crippen LogP contribution in [-0.4, -0.2) is 21.2 Å². The number of aryl methyl sites for hydroxylation is 1. The number of rotatable bonds is 7. The summed E-state index contributed by atoms with van der Waals surface area (Å²) in [6.07, 6.45) is 5.17. The molecular formula is C30H27N3O. The van der Waals surface area contributed by atoms with Crippen molar-refractivity contribution in [3.8, 4) is 16.9 Å². The Labute approximate surface area is 198 Å². The van der Waals surface area contributed by atoms with Crippen LogP contribution in [0, 0.1) is 0 Å². The van der Waals surface area contributed by atoms with Gasteiger partial charge in [-0.2, -0.15) is 0 Å². The Morgan fingerprint density at radius 2 is 1.53 bits per heavy atom. The van der Waals surface area contributed by atoms with Crippen LogP contribution in [0.1, 0.15) is 12.0 Å². The Kier molecular flexibility index (Phi) is 5.28. The van der Waals surface area contributed by atoms with Crippen LogP contribution in [0.25, 0.3) is 43.7 Å². The zero-order valence-electron chi connectivity index (χ0n) is 19.0. The Bertz CT molecular complexity index is 1580. The molecule has 0 amide bonds. The van der Waals surface area contributed by atoms with Gasteiger partial charge in [-0.1, -0.05) is 60.7 Å². The summed E-state index contributed by atoms with van der Waals surface area (Å²) in [6.45, 7) is 2.72. The monoisotopic (exact) mass is 445 g/mol. The molecule has 0 spiro atoms. The Morgan fingerprint density at radius 3 is 2.35 bits per heavy atom. The maximum absolute atomic E-state index is 10.3. The first-order valence-electron chi connectivity index (χ1n) is 11.8. The standard InChI is InChI=1S/C30H27N3O/c34-23-12-13-28-25(16-23)30-27-20-32-19-26(27)24(22-10-5-2-6-11-22)17-29(30)33(28)15-7-14-31-18-21-8-3-1-4-9-21/h1-6,8-13,16-17,19-20,31-32,34H,7,14-15,18H2. The lowest BCUT2D eigenvalue weighted by Crippen LogP contribution is -2.16. The van der Waals surface area contributed by atoms with Crippen molar-refractivity contribution in [1.82, 2.24) is 14.9 Å². The van der Waals surface area contributed by atoms with Crippen molar-refractivity contribution in [2.75, 3.05) is 6.54 Å². The first kappa shape index (κ1) is 20.6. The minimum absolute atomic E-state index is 0.298. The van der Waals surface area contributed by atoms with Gasteiger partial charge < -0.3 is 20.0 Å². The van der Waals surface area contributed by atoms with Gasteiger partial charge in [0, 0.05) is 52.5 Å². The normalized spacial score (nSPS) is 11.6. The number of aromatic nitrogens is 2. The van der Waals surface area contributed by atoms with Crippen LogP contribution in [-0.2, 0) is 13.1 Å². The Hall–Kier alpha value is -4.02. The van der Waals surface area contributed by atoms with E-state index in [1.165, 1.54) is 38.4 Å². The zero-order chi connectivity index (χ0) is 22.9. The predicted octanol–water partition coefficient (Wildman–Crippen LogP) is 6.83. The van der Waals surface area contributed by atoms with E-state index in [9.17, 15) is 5.11 Å². The molecule has 2 heterocycles. The molecule has 0 aliphatic carbocycles. The second-order valence-corrected chi connectivity index (χ2v) is 8.84. The second kappa shape index (κ2) is 8.73. The Morgan fingerprint density at radius 1 is 0.765 bits per heavy atom. The molecule has 4 heteroatoms. The van der Waals surface area contributed by atoms with Gasteiger partial charge in [-0.15, -0.1) is 0 Å². The van der Waals surface area contributed by atoms with Crippen LogP contribution in [0.15, 0.2) is 97.3 Å². The molecule has 0 radical (unpaired) electrons. The van der Waals surface area contributed by atoms with Gasteiger partial charge in [-0.3, -0.25) is 0 Å². The minimum atomic E-state index is 0.298. The average Bonchev–Trinajstić information content (AvgIpc) is 3.47. The highest BCUT2D eigenvalue weighted by molar-refractivity contribution is 6.23. The van der Waals surface area contributed by atoms with E-state index in [-0.39, 0.29) is 0 Å². The Balaban J connectivity index is 1.41. The number of phenolic OH excluding ortho intramolecular Hbond substituents is 1. The second-order valence-electron chi connectivity index (χ2n) is 8.84. The molecule has 0 bridgehead atoms. The largest absolute Gasteiger partial charge is 0.508 e. The number of nitrogens with zero attached hydrogens (tertiary/aromatic N) is 1. The van der Waals surface area contributed by atoms with Crippen molar-refractivity contribution >= 4 is 32.6 Å². The third-order valence-corrected chi connectivity index (χ3v) is 6.67. The SMILES string of the molecule is Oc1ccc2c(c1)c1c3c[nH]cc3c(-c3ccccc3)cc1n2CCCNCc1ccccc1. The highest BCUT2D eigenvalue weighted by Gasteiger charge is 2.17. The predicted molar refractivity (Wildman–Crippen MR) is 141 cm³/mol. The first-order valence-corrected chi connectivity index (χ1v) is 11.8. The number of nitrogens with one attached hydrogen (secondary N) is 2. The van der Waals surface area contributed by atoms with Crippen molar-refractivity contribution in [2.45, 2.75) is 19.5 Å². The topological polar surface area (TPSA) is 53.0 Å². The smallest absolute Gasteiger partial charge is 0.116 e. The van der Waals surface area contributed by atoms with Gasteiger partial charge in [0.1, 0.15) is 5.75 Å². The van der Waals surface area contributed by atoms with Gasteiger partial charge in [0.15, 0.2) is 0 Å². The molecule has 4 aromatic carbocycles. The number of aromatic amines is 1. The highest BCUT2D eigenvalue weighted by Crippen LogP contribution is 2.40. The van der Waals surface area contributed by atoms with Crippen molar-refractivity contribution in [3.63, 3.8) is 0 Å². The van der Waals surface area contributed by atoms with Gasteiger partial charge in [0.05, 0.1) is 5.52 Å². The molecule has 3 N–H and O–H groups in total. The van der Waals surface area contributed by atoms with E-state index >= 15 is 0 Å². The summed E-state index contributed by atoms with van der Waals surface area (Å²) in [5, 5.41) is 18.5. The first-order chi connectivity index (χ1) is 16.8. The van der Waals surface area contributed by atoms with Gasteiger partial charge in [0.25, 0.3) is 0 Å². The molecule has 2 aromatic heterocycles. The fourth-order valence-corrected chi connectivity index (χ4v) is 5.09. The zero-order valence-corrected chi connectivity index (χ0v) is 19.0. The van der Waals surface area contributed by atoms with Crippen molar-refractivity contribution in [3.05, 3.63) is 103 Å². The summed E-state index contributed by atoms with van der Waals surface area (Å²) < 4.78 is 2.41. The van der Waals surface area contributed by atoms with Crippen LogP contribution in [0.5, 0.6) is 5.75 Å². The maximum Gasteiger partial charge on any atom is 0.116 e. The summed E-state index contributed by atoms with van der Waals surface area (Å²) in [5.41, 5.74) is 6.09. The molecule has 6 aromatic rings. The van der Waals surface area contributed by atoms with Crippen LogP contribution >= 0.6 is 0 Å². The minimum Gasteiger partial charge on any atom is -0.508 e. The van der Waals surface area contributed by atoms with Crippen LogP contribution in [0.2, 0.25) is 0 Å².